The summed E-state index contributed by atoms with van der Waals surface area (Å²) in [6, 6.07) is 23.3. The quantitative estimate of drug-likeness (QED) is 0.641. The molecule has 1 unspecified atom stereocenters. The van der Waals surface area contributed by atoms with Crippen molar-refractivity contribution in [1.82, 2.24) is 0 Å². The number of hydrogen-bond acceptors (Lipinski definition) is 1. The number of hydrogen-bond donors (Lipinski definition) is 0. The van der Waals surface area contributed by atoms with Gasteiger partial charge in [-0.15, -0.1) is 0 Å². The van der Waals surface area contributed by atoms with E-state index in [0.29, 0.717) is 0 Å². The van der Waals surface area contributed by atoms with Gasteiger partial charge in [0.2, 0.25) is 0 Å². The van der Waals surface area contributed by atoms with Gasteiger partial charge in [-0.05, 0) is 37.1 Å². The zero-order valence-corrected chi connectivity index (χ0v) is 11.8. The number of rotatable bonds is 3. The second kappa shape index (κ2) is 5.38. The summed E-state index contributed by atoms with van der Waals surface area (Å²) in [7, 11) is 0. The van der Waals surface area contributed by atoms with E-state index >= 15 is 0 Å². The molecule has 2 aromatic carbocycles. The molecule has 0 fully saturated rings. The molecule has 0 amide bonds. The first-order chi connectivity index (χ1) is 9.74. The van der Waals surface area contributed by atoms with E-state index in [1.165, 1.54) is 16.7 Å². The van der Waals surface area contributed by atoms with Crippen LogP contribution in [-0.2, 0) is 0 Å². The molecule has 0 N–H and O–H groups in total. The van der Waals surface area contributed by atoms with Crippen LogP contribution in [-0.4, -0.2) is 0 Å². The third kappa shape index (κ3) is 2.53. The van der Waals surface area contributed by atoms with Crippen molar-refractivity contribution in [2.75, 3.05) is 0 Å². The van der Waals surface area contributed by atoms with Crippen LogP contribution in [0.25, 0.3) is 0 Å². The minimum absolute atomic E-state index is 0.157. The van der Waals surface area contributed by atoms with Crippen LogP contribution in [0.15, 0.2) is 71.1 Å². The summed E-state index contributed by atoms with van der Waals surface area (Å²) in [6.07, 6.45) is 0. The highest BCUT2D eigenvalue weighted by Crippen LogP contribution is 2.33. The average Bonchev–Trinajstić information content (AvgIpc) is 2.87. The summed E-state index contributed by atoms with van der Waals surface area (Å²) >= 11 is 0. The smallest absolute Gasteiger partial charge is 0.116 e. The monoisotopic (exact) mass is 262 g/mol. The summed E-state index contributed by atoms with van der Waals surface area (Å²) in [5, 5.41) is 0. The Morgan fingerprint density at radius 3 is 2.15 bits per heavy atom. The molecular weight excluding hydrogens is 244 g/mol. The molecular formula is C19H18O. The zero-order chi connectivity index (χ0) is 13.9. The second-order valence-corrected chi connectivity index (χ2v) is 5.21. The highest BCUT2D eigenvalue weighted by atomic mass is 16.3. The van der Waals surface area contributed by atoms with Crippen LogP contribution in [0.1, 0.15) is 34.1 Å². The molecule has 0 spiro atoms. The molecule has 1 heteroatoms. The first-order valence-electron chi connectivity index (χ1n) is 6.92. The van der Waals surface area contributed by atoms with Gasteiger partial charge in [0.15, 0.2) is 0 Å². The van der Waals surface area contributed by atoms with Gasteiger partial charge in [0.25, 0.3) is 0 Å². The van der Waals surface area contributed by atoms with Gasteiger partial charge in [-0.3, -0.25) is 0 Å². The summed E-state index contributed by atoms with van der Waals surface area (Å²) in [5.74, 6) is 2.11. The summed E-state index contributed by atoms with van der Waals surface area (Å²) in [6.45, 7) is 4.11. The lowest BCUT2D eigenvalue weighted by molar-refractivity contribution is 0.478. The average molecular weight is 262 g/mol. The van der Waals surface area contributed by atoms with E-state index in [0.717, 1.165) is 11.5 Å². The molecule has 0 aliphatic heterocycles. The lowest BCUT2D eigenvalue weighted by Crippen LogP contribution is -2.02. The van der Waals surface area contributed by atoms with Crippen LogP contribution < -0.4 is 0 Å². The Kier molecular flexibility index (Phi) is 3.42. The van der Waals surface area contributed by atoms with Gasteiger partial charge >= 0.3 is 0 Å². The van der Waals surface area contributed by atoms with Crippen molar-refractivity contribution >= 4 is 0 Å². The van der Waals surface area contributed by atoms with Gasteiger partial charge in [0.1, 0.15) is 11.5 Å². The van der Waals surface area contributed by atoms with Gasteiger partial charge in [0.05, 0.1) is 5.92 Å². The van der Waals surface area contributed by atoms with Crippen LogP contribution in [0.4, 0.5) is 0 Å². The Morgan fingerprint density at radius 2 is 1.50 bits per heavy atom. The molecule has 1 atom stereocenters. The topological polar surface area (TPSA) is 13.1 Å². The largest absolute Gasteiger partial charge is 0.465 e. The normalized spacial score (nSPS) is 12.3. The maximum Gasteiger partial charge on any atom is 0.116 e. The van der Waals surface area contributed by atoms with Gasteiger partial charge < -0.3 is 4.42 Å². The minimum Gasteiger partial charge on any atom is -0.465 e. The molecule has 0 saturated heterocycles. The Hall–Kier alpha value is -2.28. The van der Waals surface area contributed by atoms with Crippen molar-refractivity contribution in [3.8, 4) is 0 Å². The first kappa shape index (κ1) is 12.7. The maximum atomic E-state index is 5.89. The van der Waals surface area contributed by atoms with Crippen LogP contribution in [0.2, 0.25) is 0 Å². The van der Waals surface area contributed by atoms with E-state index in [1.54, 1.807) is 0 Å². The van der Waals surface area contributed by atoms with E-state index in [9.17, 15) is 0 Å². The van der Waals surface area contributed by atoms with Crippen molar-refractivity contribution in [1.29, 1.82) is 0 Å². The maximum absolute atomic E-state index is 5.89. The van der Waals surface area contributed by atoms with Gasteiger partial charge in [-0.2, -0.15) is 0 Å². The van der Waals surface area contributed by atoms with E-state index in [-0.39, 0.29) is 5.92 Å². The van der Waals surface area contributed by atoms with Gasteiger partial charge in [-0.25, -0.2) is 0 Å². The lowest BCUT2D eigenvalue weighted by atomic mass is 9.88. The van der Waals surface area contributed by atoms with Gasteiger partial charge in [-0.1, -0.05) is 60.2 Å². The van der Waals surface area contributed by atoms with Crippen LogP contribution >= 0.6 is 0 Å². The molecule has 0 saturated carbocycles. The van der Waals surface area contributed by atoms with E-state index in [1.807, 2.05) is 19.1 Å². The third-order valence-corrected chi connectivity index (χ3v) is 3.55. The zero-order valence-electron chi connectivity index (χ0n) is 11.8. The molecule has 100 valence electrons. The van der Waals surface area contributed by atoms with Crippen molar-refractivity contribution in [2.24, 2.45) is 0 Å². The van der Waals surface area contributed by atoms with Crippen LogP contribution in [0, 0.1) is 13.8 Å². The standard InChI is InChI=1S/C19H18O/c1-14-7-6-10-17(13-14)19(16-8-4-3-5-9-16)18-12-11-15(2)20-18/h3-13,19H,1-2H3. The van der Waals surface area contributed by atoms with Crippen LogP contribution in [0.5, 0.6) is 0 Å². The van der Waals surface area contributed by atoms with E-state index < -0.39 is 0 Å². The molecule has 20 heavy (non-hydrogen) atoms. The Morgan fingerprint density at radius 1 is 0.750 bits per heavy atom. The Bertz CT molecular complexity index is 695. The second-order valence-electron chi connectivity index (χ2n) is 5.21. The fourth-order valence-electron chi connectivity index (χ4n) is 2.62. The third-order valence-electron chi connectivity index (χ3n) is 3.55. The lowest BCUT2D eigenvalue weighted by Gasteiger charge is -2.16. The highest BCUT2D eigenvalue weighted by molar-refractivity contribution is 5.41. The predicted molar refractivity (Wildman–Crippen MR) is 82.0 cm³/mol. The van der Waals surface area contributed by atoms with Crippen molar-refractivity contribution in [3.63, 3.8) is 0 Å². The SMILES string of the molecule is Cc1cccc(C(c2ccccc2)c2ccc(C)o2)c1. The van der Waals surface area contributed by atoms with Crippen molar-refractivity contribution in [2.45, 2.75) is 19.8 Å². The molecule has 1 aromatic heterocycles. The van der Waals surface area contributed by atoms with Gasteiger partial charge in [0, 0.05) is 0 Å². The molecule has 3 rings (SSSR count). The van der Waals surface area contributed by atoms with E-state index in [2.05, 4.69) is 61.5 Å². The van der Waals surface area contributed by atoms with Crippen molar-refractivity contribution in [3.05, 3.63) is 94.9 Å². The van der Waals surface area contributed by atoms with Crippen molar-refractivity contribution < 1.29 is 4.42 Å². The Labute approximate surface area is 119 Å². The predicted octanol–water partition coefficient (Wildman–Crippen LogP) is 5.08. The summed E-state index contributed by atoms with van der Waals surface area (Å²) in [5.41, 5.74) is 3.80. The number of benzene rings is 2. The molecule has 0 aliphatic rings. The molecule has 3 aromatic rings. The van der Waals surface area contributed by atoms with Crippen LogP contribution in [0.3, 0.4) is 0 Å². The fourth-order valence-corrected chi connectivity index (χ4v) is 2.62. The summed E-state index contributed by atoms with van der Waals surface area (Å²) < 4.78 is 5.89. The number of aryl methyl sites for hydroxylation is 2. The Balaban J connectivity index is 2.13. The molecule has 0 radical (unpaired) electrons. The molecule has 0 aliphatic carbocycles. The summed E-state index contributed by atoms with van der Waals surface area (Å²) in [4.78, 5) is 0. The number of furan rings is 1. The first-order valence-corrected chi connectivity index (χ1v) is 6.92. The minimum atomic E-state index is 0.157. The highest BCUT2D eigenvalue weighted by Gasteiger charge is 2.19. The molecule has 1 nitrogen and oxygen atoms in total. The van der Waals surface area contributed by atoms with E-state index in [4.69, 9.17) is 4.42 Å². The molecule has 0 bridgehead atoms. The molecule has 1 heterocycles. The fraction of sp³-hybridized carbons (Fsp3) is 0.158.